The first-order valence-corrected chi connectivity index (χ1v) is 8.90. The smallest absolute Gasteiger partial charge is 0.191 e. The summed E-state index contributed by atoms with van der Waals surface area (Å²) in [6.07, 6.45) is 3.65. The second kappa shape index (κ2) is 11.7. The molecule has 1 saturated heterocycles. The van der Waals surface area contributed by atoms with Crippen molar-refractivity contribution in [2.45, 2.75) is 40.0 Å². The second-order valence-corrected chi connectivity index (χ2v) is 6.69. The molecule has 0 bridgehead atoms. The fraction of sp³-hybridized carbons (Fsp3) is 0.941. The minimum absolute atomic E-state index is 0.710. The Balaban J connectivity index is 2.18. The minimum Gasteiger partial charge on any atom is -0.380 e. The maximum Gasteiger partial charge on any atom is 0.191 e. The molecule has 0 spiro atoms. The van der Waals surface area contributed by atoms with Gasteiger partial charge in [0.1, 0.15) is 0 Å². The standard InChI is InChI=1S/C17H36N4O/c1-5-18-17(19-9-13-22-12-8-15(2)3)20-14-16-6-10-21(4)11-7-16/h15-16H,5-14H2,1-4H3,(H2,18,19,20). The number of hydrogen-bond acceptors (Lipinski definition) is 3. The van der Waals surface area contributed by atoms with Gasteiger partial charge in [-0.2, -0.15) is 0 Å². The van der Waals surface area contributed by atoms with Crippen molar-refractivity contribution in [1.82, 2.24) is 15.5 Å². The molecule has 0 unspecified atom stereocenters. The molecule has 0 saturated carbocycles. The predicted octanol–water partition coefficient (Wildman–Crippen LogP) is 1.95. The molecule has 22 heavy (non-hydrogen) atoms. The van der Waals surface area contributed by atoms with Gasteiger partial charge in [-0.05, 0) is 58.2 Å². The third-order valence-corrected chi connectivity index (χ3v) is 4.07. The zero-order valence-electron chi connectivity index (χ0n) is 15.0. The lowest BCUT2D eigenvalue weighted by Gasteiger charge is -2.28. The van der Waals surface area contributed by atoms with Gasteiger partial charge in [-0.1, -0.05) is 13.8 Å². The van der Waals surface area contributed by atoms with Crippen molar-refractivity contribution < 1.29 is 4.74 Å². The maximum atomic E-state index is 5.63. The zero-order valence-corrected chi connectivity index (χ0v) is 15.0. The summed E-state index contributed by atoms with van der Waals surface area (Å²) in [7, 11) is 2.20. The van der Waals surface area contributed by atoms with E-state index < -0.39 is 0 Å². The molecule has 0 aliphatic carbocycles. The van der Waals surface area contributed by atoms with Crippen LogP contribution in [0.15, 0.2) is 4.99 Å². The highest BCUT2D eigenvalue weighted by Gasteiger charge is 2.16. The average molecular weight is 313 g/mol. The predicted molar refractivity (Wildman–Crippen MR) is 94.5 cm³/mol. The third kappa shape index (κ3) is 9.26. The van der Waals surface area contributed by atoms with Gasteiger partial charge in [0.2, 0.25) is 0 Å². The van der Waals surface area contributed by atoms with Crippen LogP contribution in [-0.2, 0) is 4.74 Å². The summed E-state index contributed by atoms with van der Waals surface area (Å²) < 4.78 is 5.63. The van der Waals surface area contributed by atoms with Crippen LogP contribution in [0, 0.1) is 11.8 Å². The van der Waals surface area contributed by atoms with Gasteiger partial charge in [0.15, 0.2) is 5.96 Å². The van der Waals surface area contributed by atoms with Crippen LogP contribution in [0.4, 0.5) is 0 Å². The normalized spacial score (nSPS) is 18.0. The Morgan fingerprint density at radius 3 is 2.59 bits per heavy atom. The van der Waals surface area contributed by atoms with Gasteiger partial charge in [-0.3, -0.25) is 4.99 Å². The maximum absolute atomic E-state index is 5.63. The first kappa shape index (κ1) is 19.2. The van der Waals surface area contributed by atoms with E-state index in [1.807, 2.05) is 0 Å². The van der Waals surface area contributed by atoms with Crippen molar-refractivity contribution in [3.63, 3.8) is 0 Å². The summed E-state index contributed by atoms with van der Waals surface area (Å²) in [4.78, 5) is 7.13. The first-order valence-electron chi connectivity index (χ1n) is 8.90. The van der Waals surface area contributed by atoms with E-state index in [0.717, 1.165) is 51.1 Å². The van der Waals surface area contributed by atoms with Gasteiger partial charge in [0.05, 0.1) is 6.61 Å². The van der Waals surface area contributed by atoms with E-state index in [2.05, 4.69) is 43.4 Å². The van der Waals surface area contributed by atoms with Crippen LogP contribution < -0.4 is 10.6 Å². The summed E-state index contributed by atoms with van der Waals surface area (Å²) in [6, 6.07) is 0. The molecular weight excluding hydrogens is 276 g/mol. The number of rotatable bonds is 9. The van der Waals surface area contributed by atoms with E-state index in [4.69, 9.17) is 9.73 Å². The largest absolute Gasteiger partial charge is 0.380 e. The van der Waals surface area contributed by atoms with Crippen LogP contribution in [0.3, 0.4) is 0 Å². The number of hydrogen-bond donors (Lipinski definition) is 2. The van der Waals surface area contributed by atoms with Crippen LogP contribution in [-0.4, -0.2) is 63.8 Å². The van der Waals surface area contributed by atoms with Crippen molar-refractivity contribution >= 4 is 5.96 Å². The fourth-order valence-electron chi connectivity index (χ4n) is 2.47. The molecule has 1 rings (SSSR count). The third-order valence-electron chi connectivity index (χ3n) is 4.07. The highest BCUT2D eigenvalue weighted by molar-refractivity contribution is 5.79. The van der Waals surface area contributed by atoms with E-state index >= 15 is 0 Å². The van der Waals surface area contributed by atoms with E-state index in [9.17, 15) is 0 Å². The van der Waals surface area contributed by atoms with Crippen LogP contribution in [0.5, 0.6) is 0 Å². The van der Waals surface area contributed by atoms with Crippen LogP contribution >= 0.6 is 0 Å². The van der Waals surface area contributed by atoms with Crippen molar-refractivity contribution in [1.29, 1.82) is 0 Å². The molecule has 0 radical (unpaired) electrons. The topological polar surface area (TPSA) is 48.9 Å². The molecule has 1 aliphatic rings. The highest BCUT2D eigenvalue weighted by atomic mass is 16.5. The van der Waals surface area contributed by atoms with Crippen LogP contribution in [0.2, 0.25) is 0 Å². The summed E-state index contributed by atoms with van der Waals surface area (Å²) in [5.74, 6) is 2.37. The highest BCUT2D eigenvalue weighted by Crippen LogP contribution is 2.15. The zero-order chi connectivity index (χ0) is 16.2. The molecule has 1 fully saturated rings. The molecule has 0 aromatic heterocycles. The molecule has 1 aliphatic heterocycles. The molecule has 2 N–H and O–H groups in total. The monoisotopic (exact) mass is 312 g/mol. The Kier molecular flexibility index (Phi) is 10.2. The Morgan fingerprint density at radius 2 is 1.95 bits per heavy atom. The van der Waals surface area contributed by atoms with E-state index in [1.165, 1.54) is 25.9 Å². The number of ether oxygens (including phenoxy) is 1. The van der Waals surface area contributed by atoms with Gasteiger partial charge in [-0.15, -0.1) is 0 Å². The second-order valence-electron chi connectivity index (χ2n) is 6.69. The van der Waals surface area contributed by atoms with Crippen LogP contribution in [0.25, 0.3) is 0 Å². The Hall–Kier alpha value is -0.810. The Bertz CT molecular complexity index is 299. The van der Waals surface area contributed by atoms with Gasteiger partial charge in [0.25, 0.3) is 0 Å². The summed E-state index contributed by atoms with van der Waals surface area (Å²) in [5.41, 5.74) is 0. The first-order chi connectivity index (χ1) is 10.6. The SMILES string of the molecule is CCNC(=NCC1CCN(C)CC1)NCCOCCC(C)C. The van der Waals surface area contributed by atoms with Crippen molar-refractivity contribution in [2.75, 3.05) is 53.0 Å². The number of likely N-dealkylation sites (tertiary alicyclic amines) is 1. The summed E-state index contributed by atoms with van der Waals surface area (Å²) in [5, 5.41) is 6.67. The Morgan fingerprint density at radius 1 is 1.23 bits per heavy atom. The molecular formula is C17H36N4O. The lowest BCUT2D eigenvalue weighted by molar-refractivity contribution is 0.128. The quantitative estimate of drug-likeness (QED) is 0.388. The molecule has 0 atom stereocenters. The van der Waals surface area contributed by atoms with E-state index in [1.54, 1.807) is 0 Å². The lowest BCUT2D eigenvalue weighted by Crippen LogP contribution is -2.39. The molecule has 5 nitrogen and oxygen atoms in total. The number of piperidine rings is 1. The molecule has 0 amide bonds. The number of nitrogens with zero attached hydrogens (tertiary/aromatic N) is 2. The minimum atomic E-state index is 0.710. The molecule has 5 heteroatoms. The molecule has 1 heterocycles. The van der Waals surface area contributed by atoms with E-state index in [0.29, 0.717) is 5.92 Å². The Labute approximate surface area is 136 Å². The molecule has 130 valence electrons. The number of guanidine groups is 1. The fourth-order valence-corrected chi connectivity index (χ4v) is 2.47. The van der Waals surface area contributed by atoms with E-state index in [-0.39, 0.29) is 0 Å². The van der Waals surface area contributed by atoms with Gasteiger partial charge in [-0.25, -0.2) is 0 Å². The van der Waals surface area contributed by atoms with Gasteiger partial charge >= 0.3 is 0 Å². The average Bonchev–Trinajstić information content (AvgIpc) is 2.49. The number of aliphatic imine (C=N–C) groups is 1. The summed E-state index contributed by atoms with van der Waals surface area (Å²) in [6.45, 7) is 13.2. The number of nitrogens with one attached hydrogen (secondary N) is 2. The van der Waals surface area contributed by atoms with Crippen molar-refractivity contribution in [3.8, 4) is 0 Å². The molecule has 0 aromatic carbocycles. The summed E-state index contributed by atoms with van der Waals surface area (Å²) >= 11 is 0. The lowest BCUT2D eigenvalue weighted by atomic mass is 9.97. The van der Waals surface area contributed by atoms with Crippen molar-refractivity contribution in [3.05, 3.63) is 0 Å². The van der Waals surface area contributed by atoms with Gasteiger partial charge in [0, 0.05) is 26.2 Å². The van der Waals surface area contributed by atoms with Gasteiger partial charge < -0.3 is 20.3 Å². The molecule has 0 aromatic rings. The van der Waals surface area contributed by atoms with Crippen LogP contribution in [0.1, 0.15) is 40.0 Å². The van der Waals surface area contributed by atoms with Crippen molar-refractivity contribution in [2.24, 2.45) is 16.8 Å².